The molecule has 0 radical (unpaired) electrons. The van der Waals surface area contributed by atoms with Crippen LogP contribution in [-0.2, 0) is 21.4 Å². The summed E-state index contributed by atoms with van der Waals surface area (Å²) in [4.78, 5) is 17.2. The number of aromatic nitrogens is 2. The maximum Gasteiger partial charge on any atom is 0.246 e. The van der Waals surface area contributed by atoms with Crippen molar-refractivity contribution in [2.75, 3.05) is 20.2 Å². The Morgan fingerprint density at radius 2 is 2.03 bits per heavy atom. The Hall–Kier alpha value is -3.24. The summed E-state index contributed by atoms with van der Waals surface area (Å²) in [6, 6.07) is 15.5. The average molecular weight is 457 g/mol. The topological polar surface area (TPSA) is 115 Å². The van der Waals surface area contributed by atoms with Crippen molar-refractivity contribution in [3.05, 3.63) is 60.5 Å². The number of hydrogen-bond donors (Lipinski definition) is 1. The zero-order chi connectivity index (χ0) is 22.6. The van der Waals surface area contributed by atoms with Crippen molar-refractivity contribution < 1.29 is 22.5 Å². The number of hydrogen-bond acceptors (Lipinski definition) is 7. The predicted molar refractivity (Wildman–Crippen MR) is 116 cm³/mol. The number of carbonyl (C=O) groups excluding carboxylic acids is 1. The molecule has 10 heteroatoms. The van der Waals surface area contributed by atoms with Crippen LogP contribution in [0, 0.1) is 5.92 Å². The number of methoxy groups -OCH3 is 1. The summed E-state index contributed by atoms with van der Waals surface area (Å²) in [5, 5.41) is 6.74. The van der Waals surface area contributed by atoms with Gasteiger partial charge in [-0.3, -0.25) is 4.79 Å². The first-order valence-electron chi connectivity index (χ1n) is 10.3. The quantitative estimate of drug-likeness (QED) is 0.581. The van der Waals surface area contributed by atoms with Gasteiger partial charge in [0.2, 0.25) is 27.6 Å². The van der Waals surface area contributed by atoms with Gasteiger partial charge in [-0.05, 0) is 37.1 Å². The largest absolute Gasteiger partial charge is 0.497 e. The van der Waals surface area contributed by atoms with Crippen LogP contribution in [0.2, 0.25) is 0 Å². The van der Waals surface area contributed by atoms with Crippen LogP contribution in [0.5, 0.6) is 5.75 Å². The van der Waals surface area contributed by atoms with Gasteiger partial charge >= 0.3 is 0 Å². The average Bonchev–Trinajstić information content (AvgIpc) is 3.32. The number of rotatable bonds is 7. The molecule has 0 saturated carbocycles. The Morgan fingerprint density at radius 1 is 1.22 bits per heavy atom. The first-order chi connectivity index (χ1) is 15.5. The van der Waals surface area contributed by atoms with Gasteiger partial charge in [0.05, 0.1) is 24.5 Å². The lowest BCUT2D eigenvalue weighted by Crippen LogP contribution is -2.45. The Morgan fingerprint density at radius 3 is 2.81 bits per heavy atom. The van der Waals surface area contributed by atoms with E-state index >= 15 is 0 Å². The fraction of sp³-hybridized carbons (Fsp3) is 0.318. The molecular formula is C22H24N4O5S. The molecule has 2 aromatic carbocycles. The van der Waals surface area contributed by atoms with E-state index in [1.165, 1.54) is 4.31 Å². The highest BCUT2D eigenvalue weighted by Gasteiger charge is 2.33. The molecule has 1 saturated heterocycles. The highest BCUT2D eigenvalue weighted by Crippen LogP contribution is 2.24. The number of ether oxygens (including phenoxy) is 1. The summed E-state index contributed by atoms with van der Waals surface area (Å²) in [7, 11) is -2.05. The highest BCUT2D eigenvalue weighted by molar-refractivity contribution is 7.89. The molecule has 0 bridgehead atoms. The Labute approximate surface area is 186 Å². The SMILES string of the molecule is COc1cccc(-c2noc(CNC(=O)[C@@H]3CCCN(S(=O)(=O)c4ccccc4)C3)n2)c1. The maximum absolute atomic E-state index is 12.9. The van der Waals surface area contributed by atoms with E-state index in [4.69, 9.17) is 9.26 Å². The molecule has 1 fully saturated rings. The van der Waals surface area contributed by atoms with Crippen molar-refractivity contribution in [1.29, 1.82) is 0 Å². The Kier molecular flexibility index (Phi) is 6.52. The monoisotopic (exact) mass is 456 g/mol. The minimum Gasteiger partial charge on any atom is -0.497 e. The summed E-state index contributed by atoms with van der Waals surface area (Å²) < 4.78 is 37.6. The molecule has 1 amide bonds. The van der Waals surface area contributed by atoms with E-state index < -0.39 is 15.9 Å². The van der Waals surface area contributed by atoms with Crippen LogP contribution in [0.15, 0.2) is 64.0 Å². The van der Waals surface area contributed by atoms with Crippen LogP contribution in [0.1, 0.15) is 18.7 Å². The zero-order valence-corrected chi connectivity index (χ0v) is 18.4. The molecule has 1 atom stereocenters. The molecule has 1 aliphatic rings. The second-order valence-corrected chi connectivity index (χ2v) is 9.41. The number of benzene rings is 2. The van der Waals surface area contributed by atoms with E-state index in [1.807, 2.05) is 18.2 Å². The van der Waals surface area contributed by atoms with Crippen LogP contribution >= 0.6 is 0 Å². The van der Waals surface area contributed by atoms with Gasteiger partial charge in [0, 0.05) is 18.7 Å². The predicted octanol–water partition coefficient (Wildman–Crippen LogP) is 2.46. The Balaban J connectivity index is 1.37. The first-order valence-corrected chi connectivity index (χ1v) is 11.7. The maximum atomic E-state index is 12.9. The molecule has 4 rings (SSSR count). The molecule has 9 nitrogen and oxygen atoms in total. The molecule has 1 aromatic heterocycles. The van der Waals surface area contributed by atoms with Crippen molar-refractivity contribution in [1.82, 2.24) is 19.8 Å². The summed E-state index contributed by atoms with van der Waals surface area (Å²) >= 11 is 0. The lowest BCUT2D eigenvalue weighted by molar-refractivity contribution is -0.126. The molecule has 0 aliphatic carbocycles. The molecule has 1 N–H and O–H groups in total. The van der Waals surface area contributed by atoms with E-state index in [0.717, 1.165) is 5.56 Å². The fourth-order valence-electron chi connectivity index (χ4n) is 3.63. The number of carbonyl (C=O) groups is 1. The van der Waals surface area contributed by atoms with E-state index in [0.29, 0.717) is 31.0 Å². The van der Waals surface area contributed by atoms with Gasteiger partial charge in [-0.15, -0.1) is 0 Å². The van der Waals surface area contributed by atoms with E-state index in [-0.39, 0.29) is 29.8 Å². The van der Waals surface area contributed by atoms with E-state index in [9.17, 15) is 13.2 Å². The third-order valence-corrected chi connectivity index (χ3v) is 7.23. The van der Waals surface area contributed by atoms with Crippen molar-refractivity contribution in [3.63, 3.8) is 0 Å². The fourth-order valence-corrected chi connectivity index (χ4v) is 5.17. The van der Waals surface area contributed by atoms with Crippen LogP contribution in [0.4, 0.5) is 0 Å². The highest BCUT2D eigenvalue weighted by atomic mass is 32.2. The molecule has 0 spiro atoms. The third kappa shape index (κ3) is 4.81. The summed E-state index contributed by atoms with van der Waals surface area (Å²) in [5.41, 5.74) is 0.736. The van der Waals surface area contributed by atoms with Gasteiger partial charge in [0.1, 0.15) is 5.75 Å². The molecule has 1 aliphatic heterocycles. The lowest BCUT2D eigenvalue weighted by atomic mass is 9.99. The van der Waals surface area contributed by atoms with Crippen molar-refractivity contribution >= 4 is 15.9 Å². The molecule has 0 unspecified atom stereocenters. The van der Waals surface area contributed by atoms with Crippen LogP contribution in [0.25, 0.3) is 11.4 Å². The third-order valence-electron chi connectivity index (χ3n) is 5.35. The van der Waals surface area contributed by atoms with Gasteiger partial charge in [-0.1, -0.05) is 35.5 Å². The minimum atomic E-state index is -3.63. The number of piperidine rings is 1. The molecular weight excluding hydrogens is 432 g/mol. The molecule has 3 aromatic rings. The van der Waals surface area contributed by atoms with Gasteiger partial charge in [-0.25, -0.2) is 8.42 Å². The molecule has 2 heterocycles. The second-order valence-electron chi connectivity index (χ2n) is 7.48. The normalized spacial score (nSPS) is 17.1. The minimum absolute atomic E-state index is 0.0672. The first kappa shape index (κ1) is 22.0. The second kappa shape index (κ2) is 9.49. The number of nitrogens with zero attached hydrogens (tertiary/aromatic N) is 3. The number of nitrogens with one attached hydrogen (secondary N) is 1. The van der Waals surface area contributed by atoms with Gasteiger partial charge in [-0.2, -0.15) is 9.29 Å². The summed E-state index contributed by atoms with van der Waals surface area (Å²) in [6.45, 7) is 0.605. The van der Waals surface area contributed by atoms with Crippen LogP contribution < -0.4 is 10.1 Å². The zero-order valence-electron chi connectivity index (χ0n) is 17.6. The molecule has 168 valence electrons. The summed E-state index contributed by atoms with van der Waals surface area (Å²) in [5.74, 6) is 0.656. The van der Waals surface area contributed by atoms with E-state index in [2.05, 4.69) is 15.5 Å². The van der Waals surface area contributed by atoms with Gasteiger partial charge in [0.25, 0.3) is 0 Å². The van der Waals surface area contributed by atoms with Crippen LogP contribution in [0.3, 0.4) is 0 Å². The van der Waals surface area contributed by atoms with Crippen molar-refractivity contribution in [2.24, 2.45) is 5.92 Å². The van der Waals surface area contributed by atoms with Crippen LogP contribution in [-0.4, -0.2) is 49.0 Å². The number of amides is 1. The van der Waals surface area contributed by atoms with Crippen molar-refractivity contribution in [2.45, 2.75) is 24.3 Å². The number of sulfonamides is 1. The molecule has 32 heavy (non-hydrogen) atoms. The van der Waals surface area contributed by atoms with Gasteiger partial charge < -0.3 is 14.6 Å². The van der Waals surface area contributed by atoms with Gasteiger partial charge in [0.15, 0.2) is 0 Å². The standard InChI is InChI=1S/C22H24N4O5S/c1-30-18-9-5-7-16(13-18)21-24-20(31-25-21)14-23-22(27)17-8-6-12-26(15-17)32(28,29)19-10-3-2-4-11-19/h2-5,7,9-11,13,17H,6,8,12,14-15H2,1H3,(H,23,27)/t17-/m1/s1. The smallest absolute Gasteiger partial charge is 0.246 e. The van der Waals surface area contributed by atoms with E-state index in [1.54, 1.807) is 43.5 Å². The Bertz CT molecular complexity index is 1180. The lowest BCUT2D eigenvalue weighted by Gasteiger charge is -2.31. The van der Waals surface area contributed by atoms with Crippen molar-refractivity contribution in [3.8, 4) is 17.1 Å². The summed E-state index contributed by atoms with van der Waals surface area (Å²) in [6.07, 6.45) is 1.23.